The highest BCUT2D eigenvalue weighted by Gasteiger charge is 2.30. The van der Waals surface area contributed by atoms with Crippen LogP contribution in [0.2, 0.25) is 0 Å². The van der Waals surface area contributed by atoms with E-state index >= 15 is 0 Å². The van der Waals surface area contributed by atoms with Gasteiger partial charge in [-0.25, -0.2) is 8.42 Å². The monoisotopic (exact) mass is 400 g/mol. The Morgan fingerprint density at radius 3 is 2.41 bits per heavy atom. The molecule has 0 saturated carbocycles. The number of anilines is 1. The van der Waals surface area contributed by atoms with Crippen LogP contribution in [0.4, 0.5) is 18.9 Å². The third-order valence-corrected chi connectivity index (χ3v) is 4.31. The molecule has 27 heavy (non-hydrogen) atoms. The second kappa shape index (κ2) is 7.99. The predicted octanol–water partition coefficient (Wildman–Crippen LogP) is 3.50. The van der Waals surface area contributed by atoms with Gasteiger partial charge < -0.3 is 5.32 Å². The zero-order chi connectivity index (χ0) is 20.2. The van der Waals surface area contributed by atoms with Crippen molar-refractivity contribution in [1.29, 1.82) is 0 Å². The van der Waals surface area contributed by atoms with Gasteiger partial charge in [-0.2, -0.15) is 13.2 Å². The van der Waals surface area contributed by atoms with E-state index in [-0.39, 0.29) is 12.0 Å². The SMILES string of the molecule is CC(NC(=O)Cc1cccc(C(F)(F)F)c1)c1ccccc1NS(C)(=O)=O. The van der Waals surface area contributed by atoms with Gasteiger partial charge in [0.15, 0.2) is 0 Å². The van der Waals surface area contributed by atoms with Gasteiger partial charge in [-0.1, -0.05) is 36.4 Å². The smallest absolute Gasteiger partial charge is 0.349 e. The Morgan fingerprint density at radius 2 is 1.78 bits per heavy atom. The molecule has 2 N–H and O–H groups in total. The molecule has 0 bridgehead atoms. The molecule has 2 aromatic rings. The molecule has 0 spiro atoms. The number of benzene rings is 2. The van der Waals surface area contributed by atoms with Crippen molar-refractivity contribution in [2.75, 3.05) is 11.0 Å². The van der Waals surface area contributed by atoms with E-state index in [0.29, 0.717) is 11.3 Å². The first-order valence-corrected chi connectivity index (χ1v) is 9.87. The Hall–Kier alpha value is -2.55. The topological polar surface area (TPSA) is 75.3 Å². The van der Waals surface area contributed by atoms with Crippen molar-refractivity contribution in [2.45, 2.75) is 25.6 Å². The fourth-order valence-corrected chi connectivity index (χ4v) is 3.17. The van der Waals surface area contributed by atoms with Gasteiger partial charge in [-0.3, -0.25) is 9.52 Å². The molecule has 0 radical (unpaired) electrons. The highest BCUT2D eigenvalue weighted by Crippen LogP contribution is 2.29. The molecular formula is C18H19F3N2O3S. The Balaban J connectivity index is 2.11. The molecule has 0 saturated heterocycles. The zero-order valence-corrected chi connectivity index (χ0v) is 15.5. The molecule has 9 heteroatoms. The van der Waals surface area contributed by atoms with Crippen LogP contribution in [-0.4, -0.2) is 20.6 Å². The van der Waals surface area contributed by atoms with Gasteiger partial charge in [0.2, 0.25) is 15.9 Å². The normalized spacial score (nSPS) is 13.1. The van der Waals surface area contributed by atoms with Crippen LogP contribution in [-0.2, 0) is 27.4 Å². The minimum absolute atomic E-state index is 0.226. The van der Waals surface area contributed by atoms with Crippen LogP contribution in [0, 0.1) is 0 Å². The molecule has 1 atom stereocenters. The van der Waals surface area contributed by atoms with Crippen molar-refractivity contribution in [3.05, 3.63) is 65.2 Å². The van der Waals surface area contributed by atoms with E-state index in [4.69, 9.17) is 0 Å². The van der Waals surface area contributed by atoms with E-state index < -0.39 is 33.7 Å². The van der Waals surface area contributed by atoms with Crippen LogP contribution in [0.5, 0.6) is 0 Å². The molecule has 1 unspecified atom stereocenters. The van der Waals surface area contributed by atoms with E-state index in [1.54, 1.807) is 31.2 Å². The lowest BCUT2D eigenvalue weighted by atomic mass is 10.0. The summed E-state index contributed by atoms with van der Waals surface area (Å²) in [6.07, 6.45) is -3.69. The third-order valence-electron chi connectivity index (χ3n) is 3.72. The van der Waals surface area contributed by atoms with Gasteiger partial charge in [0.25, 0.3) is 0 Å². The molecule has 2 aromatic carbocycles. The lowest BCUT2D eigenvalue weighted by molar-refractivity contribution is -0.137. The first-order chi connectivity index (χ1) is 12.5. The lowest BCUT2D eigenvalue weighted by Crippen LogP contribution is -2.29. The maximum atomic E-state index is 12.8. The minimum atomic E-state index is -4.48. The van der Waals surface area contributed by atoms with Crippen molar-refractivity contribution in [3.63, 3.8) is 0 Å². The number of sulfonamides is 1. The van der Waals surface area contributed by atoms with Crippen LogP contribution < -0.4 is 10.0 Å². The quantitative estimate of drug-likeness (QED) is 0.779. The van der Waals surface area contributed by atoms with Crippen LogP contribution in [0.25, 0.3) is 0 Å². The average molecular weight is 400 g/mol. The summed E-state index contributed by atoms with van der Waals surface area (Å²) in [5.41, 5.74) is 0.285. The fourth-order valence-electron chi connectivity index (χ4n) is 2.58. The van der Waals surface area contributed by atoms with Crippen LogP contribution in [0.1, 0.15) is 29.7 Å². The minimum Gasteiger partial charge on any atom is -0.349 e. The van der Waals surface area contributed by atoms with E-state index in [1.165, 1.54) is 12.1 Å². The van der Waals surface area contributed by atoms with Gasteiger partial charge in [0, 0.05) is 0 Å². The molecule has 146 valence electrons. The number of carbonyl (C=O) groups excluding carboxylic acids is 1. The average Bonchev–Trinajstić information content (AvgIpc) is 2.53. The molecule has 0 aromatic heterocycles. The van der Waals surface area contributed by atoms with E-state index in [0.717, 1.165) is 18.4 Å². The second-order valence-corrected chi connectivity index (χ2v) is 7.87. The zero-order valence-electron chi connectivity index (χ0n) is 14.7. The Kier molecular flexibility index (Phi) is 6.15. The largest absolute Gasteiger partial charge is 0.416 e. The molecule has 0 aliphatic carbocycles. The summed E-state index contributed by atoms with van der Waals surface area (Å²) in [7, 11) is -3.50. The summed E-state index contributed by atoms with van der Waals surface area (Å²) in [4.78, 5) is 12.2. The molecule has 1 amide bonds. The first kappa shape index (κ1) is 20.8. The molecule has 0 aliphatic heterocycles. The summed E-state index contributed by atoms with van der Waals surface area (Å²) in [6, 6.07) is 10.6. The summed E-state index contributed by atoms with van der Waals surface area (Å²) in [6.45, 7) is 1.66. The predicted molar refractivity (Wildman–Crippen MR) is 96.6 cm³/mol. The van der Waals surface area contributed by atoms with Gasteiger partial charge in [-0.05, 0) is 30.2 Å². The molecule has 5 nitrogen and oxygen atoms in total. The van der Waals surface area contributed by atoms with Gasteiger partial charge in [0.1, 0.15) is 0 Å². The lowest BCUT2D eigenvalue weighted by Gasteiger charge is -2.18. The van der Waals surface area contributed by atoms with E-state index in [2.05, 4.69) is 10.0 Å². The molecule has 0 fully saturated rings. The van der Waals surface area contributed by atoms with Crippen LogP contribution in [0.15, 0.2) is 48.5 Å². The molecule has 2 rings (SSSR count). The highest BCUT2D eigenvalue weighted by atomic mass is 32.2. The summed E-state index contributed by atoms with van der Waals surface area (Å²) in [5, 5.41) is 2.67. The molecule has 0 aliphatic rings. The number of amides is 1. The van der Waals surface area contributed by atoms with Gasteiger partial charge >= 0.3 is 6.18 Å². The fraction of sp³-hybridized carbons (Fsp3) is 0.278. The van der Waals surface area contributed by atoms with Crippen molar-refractivity contribution in [2.24, 2.45) is 0 Å². The van der Waals surface area contributed by atoms with Crippen molar-refractivity contribution in [3.8, 4) is 0 Å². The standard InChI is InChI=1S/C18H19F3N2O3S/c1-12(15-8-3-4-9-16(15)23-27(2,25)26)22-17(24)11-13-6-5-7-14(10-13)18(19,20)21/h3-10,12,23H,11H2,1-2H3,(H,22,24). The maximum Gasteiger partial charge on any atom is 0.416 e. The van der Waals surface area contributed by atoms with Gasteiger partial charge in [0.05, 0.1) is 30.0 Å². The Morgan fingerprint density at radius 1 is 1.11 bits per heavy atom. The van der Waals surface area contributed by atoms with E-state index in [9.17, 15) is 26.4 Å². The maximum absolute atomic E-state index is 12.8. The van der Waals surface area contributed by atoms with Crippen molar-refractivity contribution in [1.82, 2.24) is 5.32 Å². The number of hydrogen-bond donors (Lipinski definition) is 2. The van der Waals surface area contributed by atoms with Crippen molar-refractivity contribution >= 4 is 21.6 Å². The number of rotatable bonds is 6. The summed E-state index contributed by atoms with van der Waals surface area (Å²) >= 11 is 0. The summed E-state index contributed by atoms with van der Waals surface area (Å²) in [5.74, 6) is -0.476. The molecular weight excluding hydrogens is 381 g/mol. The first-order valence-electron chi connectivity index (χ1n) is 7.98. The van der Waals surface area contributed by atoms with Crippen LogP contribution in [0.3, 0.4) is 0 Å². The van der Waals surface area contributed by atoms with Gasteiger partial charge in [-0.15, -0.1) is 0 Å². The number of hydrogen-bond acceptors (Lipinski definition) is 3. The Labute approximate surface area is 155 Å². The third kappa shape index (κ3) is 6.28. The number of para-hydroxylation sites is 1. The van der Waals surface area contributed by atoms with Crippen LogP contribution >= 0.6 is 0 Å². The Bertz CT molecular complexity index is 927. The summed E-state index contributed by atoms with van der Waals surface area (Å²) < 4.78 is 63.6. The van der Waals surface area contributed by atoms with E-state index in [1.807, 2.05) is 0 Å². The number of nitrogens with one attached hydrogen (secondary N) is 2. The second-order valence-electron chi connectivity index (χ2n) is 6.13. The number of alkyl halides is 3. The number of halogens is 3. The number of carbonyl (C=O) groups is 1. The van der Waals surface area contributed by atoms with Crippen molar-refractivity contribution < 1.29 is 26.4 Å². The molecule has 0 heterocycles. The highest BCUT2D eigenvalue weighted by molar-refractivity contribution is 7.92.